The monoisotopic (exact) mass is 1770 g/mol. The molecular formula is C84H103N25O17S. The maximum atomic E-state index is 14.0. The maximum Gasteiger partial charge on any atom is 0.320 e. The van der Waals surface area contributed by atoms with Crippen molar-refractivity contribution < 1.29 is 81.5 Å². The zero-order valence-electron chi connectivity index (χ0n) is 71.0. The number of carbonyl (C=O) groups is 10. The Bertz CT molecular complexity index is 5470. The van der Waals surface area contributed by atoms with Gasteiger partial charge in [-0.25, -0.2) is 14.6 Å². The third-order valence-electron chi connectivity index (χ3n) is 20.5. The highest BCUT2D eigenvalue weighted by Crippen LogP contribution is 2.40. The van der Waals surface area contributed by atoms with Crippen LogP contribution in [0.5, 0.6) is 17.8 Å². The van der Waals surface area contributed by atoms with Crippen LogP contribution in [0.3, 0.4) is 0 Å². The Balaban J connectivity index is 0.599. The van der Waals surface area contributed by atoms with Crippen LogP contribution in [0, 0.1) is 5.92 Å². The molecule has 43 heteroatoms. The van der Waals surface area contributed by atoms with Crippen molar-refractivity contribution >= 4 is 127 Å². The Kier molecular flexibility index (Phi) is 34.7. The van der Waals surface area contributed by atoms with Crippen LogP contribution in [0.1, 0.15) is 88.9 Å². The van der Waals surface area contributed by atoms with Crippen LogP contribution in [0.4, 0.5) is 34.5 Å². The number of azide groups is 1. The molecule has 0 saturated carbocycles. The Labute approximate surface area is 734 Å². The second kappa shape index (κ2) is 46.9. The predicted molar refractivity (Wildman–Crippen MR) is 470 cm³/mol. The first-order valence-electron chi connectivity index (χ1n) is 41.1. The number of nitrogen functional groups attached to an aromatic ring is 1. The molecule has 11 N–H and O–H groups in total. The number of hydrogen-bond donors (Lipinski definition) is 10. The van der Waals surface area contributed by atoms with Gasteiger partial charge in [-0.2, -0.15) is 26.7 Å². The van der Waals surface area contributed by atoms with Gasteiger partial charge in [-0.1, -0.05) is 71.9 Å². The molecule has 5 aromatic heterocycles. The van der Waals surface area contributed by atoms with E-state index in [4.69, 9.17) is 44.7 Å². The van der Waals surface area contributed by atoms with E-state index < -0.39 is 77.6 Å². The van der Waals surface area contributed by atoms with Gasteiger partial charge >= 0.3 is 6.01 Å². The number of fused-ring (bicyclic) bond motifs is 3. The van der Waals surface area contributed by atoms with Gasteiger partial charge in [0.25, 0.3) is 17.8 Å². The van der Waals surface area contributed by atoms with Gasteiger partial charge in [-0.15, -0.1) is 5.10 Å². The number of benzene rings is 4. The van der Waals surface area contributed by atoms with E-state index in [0.29, 0.717) is 81.0 Å². The summed E-state index contributed by atoms with van der Waals surface area (Å²) in [5, 5.41) is 46.2. The summed E-state index contributed by atoms with van der Waals surface area (Å²) >= 11 is 1.24. The molecule has 672 valence electrons. The van der Waals surface area contributed by atoms with E-state index in [-0.39, 0.29) is 168 Å². The summed E-state index contributed by atoms with van der Waals surface area (Å²) in [4.78, 5) is 163. The minimum absolute atomic E-state index is 0.00603. The van der Waals surface area contributed by atoms with Gasteiger partial charge in [0.05, 0.1) is 118 Å². The Hall–Kier alpha value is -13.7. The first kappa shape index (κ1) is 94.0. The molecule has 2 aliphatic heterocycles. The molecule has 3 unspecified atom stereocenters. The number of para-hydroxylation sites is 1. The number of hydrogen-bond acceptors (Lipinski definition) is 30. The number of imide groups is 2. The maximum absolute atomic E-state index is 14.0. The van der Waals surface area contributed by atoms with Crippen LogP contribution in [0.2, 0.25) is 0 Å². The van der Waals surface area contributed by atoms with Crippen LogP contribution >= 0.6 is 11.8 Å². The summed E-state index contributed by atoms with van der Waals surface area (Å²) in [6, 6.07) is 22.4. The SMILES string of the molecule is C=CC(=O)Nc1cc(Nc2nccc(-c3cn(C)c4ccccc34)n2)c(OC)cc1N(C)CCN(C)Cc1cn(CCOCCOCCOCCNC(=O)C(CSCCNC(=O)C(CCCCN=[N+]=[N-])NC(=O)CCC(=O)NCc2ccc(Cn3c(O)nc4c(N)nc(OCCOC)nc43)cc2)CC(=O)Nc2cccc3c2C(=O)N(C2CCC(=O)NC2=O)C3=O)nn1. The molecular weight excluding hydrogens is 1660 g/mol. The highest BCUT2D eigenvalue weighted by atomic mass is 32.2. The summed E-state index contributed by atoms with van der Waals surface area (Å²) < 4.78 is 38.9. The second-order valence-electron chi connectivity index (χ2n) is 29.6. The molecule has 11 rings (SSSR count). The third-order valence-corrected chi connectivity index (χ3v) is 21.6. The van der Waals surface area contributed by atoms with Crippen molar-refractivity contribution in [2.75, 3.05) is 152 Å². The van der Waals surface area contributed by atoms with Crippen molar-refractivity contribution in [1.82, 2.24) is 85.4 Å². The molecule has 2 aliphatic rings. The molecule has 1 fully saturated rings. The number of aryl methyl sites for hydroxylation is 1. The smallest absolute Gasteiger partial charge is 0.320 e. The highest BCUT2D eigenvalue weighted by molar-refractivity contribution is 7.99. The fourth-order valence-electron chi connectivity index (χ4n) is 13.9. The average molecular weight is 1770 g/mol. The van der Waals surface area contributed by atoms with Crippen LogP contribution in [0.25, 0.3) is 43.8 Å². The lowest BCUT2D eigenvalue weighted by molar-refractivity contribution is -0.136. The topological polar surface area (TPSA) is 532 Å². The first-order chi connectivity index (χ1) is 61.5. The molecule has 1 saturated heterocycles. The van der Waals surface area contributed by atoms with Gasteiger partial charge in [0, 0.05) is 150 Å². The largest absolute Gasteiger partial charge is 0.494 e. The third kappa shape index (κ3) is 26.4. The van der Waals surface area contributed by atoms with Crippen molar-refractivity contribution in [2.24, 2.45) is 18.1 Å². The number of methoxy groups -OCH3 is 2. The van der Waals surface area contributed by atoms with Crippen LogP contribution in [-0.4, -0.2) is 261 Å². The van der Waals surface area contributed by atoms with Crippen molar-refractivity contribution in [3.63, 3.8) is 0 Å². The number of rotatable bonds is 52. The fraction of sp³-hybridized carbons (Fsp3) is 0.417. The lowest BCUT2D eigenvalue weighted by Gasteiger charge is -2.27. The fourth-order valence-corrected chi connectivity index (χ4v) is 14.9. The number of nitrogens with two attached hydrogens (primary N) is 1. The van der Waals surface area contributed by atoms with Crippen molar-refractivity contribution in [1.29, 1.82) is 0 Å². The summed E-state index contributed by atoms with van der Waals surface area (Å²) in [6.45, 7) is 8.12. The lowest BCUT2D eigenvalue weighted by Crippen LogP contribution is -2.54. The van der Waals surface area contributed by atoms with Crippen molar-refractivity contribution in [2.45, 2.75) is 89.6 Å². The van der Waals surface area contributed by atoms with Crippen molar-refractivity contribution in [3.8, 4) is 29.0 Å². The van der Waals surface area contributed by atoms with E-state index in [9.17, 15) is 53.1 Å². The number of unbranched alkanes of at least 4 members (excludes halogenated alkanes) is 1. The zero-order valence-corrected chi connectivity index (χ0v) is 71.9. The molecule has 0 radical (unpaired) electrons. The van der Waals surface area contributed by atoms with Gasteiger partial charge in [-0.3, -0.25) is 67.6 Å². The number of thioether (sulfide) groups is 1. The van der Waals surface area contributed by atoms with E-state index in [0.717, 1.165) is 43.9 Å². The normalized spacial score (nSPS) is 13.5. The molecule has 9 aromatic rings. The molecule has 0 bridgehead atoms. The number of ether oxygens (including phenoxy) is 6. The van der Waals surface area contributed by atoms with Crippen LogP contribution in [-0.2, 0) is 90.5 Å². The zero-order chi connectivity index (χ0) is 90.3. The summed E-state index contributed by atoms with van der Waals surface area (Å²) in [7, 11) is 8.98. The summed E-state index contributed by atoms with van der Waals surface area (Å²) in [6.07, 6.45) is 6.72. The molecule has 0 spiro atoms. The van der Waals surface area contributed by atoms with Gasteiger partial charge in [0.2, 0.25) is 53.2 Å². The molecule has 10 amide bonds. The lowest BCUT2D eigenvalue weighted by atomic mass is 10.0. The van der Waals surface area contributed by atoms with E-state index in [1.807, 2.05) is 62.7 Å². The number of nitrogens with one attached hydrogen (secondary N) is 8. The quantitative estimate of drug-likeness (QED) is 0.00577. The number of aromatic hydroxyl groups is 1. The van der Waals surface area contributed by atoms with E-state index in [1.54, 1.807) is 48.3 Å². The summed E-state index contributed by atoms with van der Waals surface area (Å²) in [5.41, 5.74) is 21.9. The van der Waals surface area contributed by atoms with Gasteiger partial charge < -0.3 is 85.9 Å². The standard InChI is InChI=1S/C84H103N25O17S/c1-7-68(110)94-62-44-63(96-82-89-28-26-59(95-82)58-50-106(4)64-17-9-8-13-56(58)64)67(122-6)45-66(62)105(3)32-31-104(2)48-55-49-107(103-101-55)33-35-124-38-40-125-39-37-123-34-29-87-77(115)54(43-72(114)92-60-16-12-14-57-73(60)81(119)109(80(57)118)65-22-23-71(113)97-79(65)117)51-127-42-30-88-78(116)61(15-10-11-27-91-102-86)93-70(112)25-24-69(111)90-46-52-18-20-53(21-19-52)47-108-76-74(98-84(108)120)75(85)99-83(100-76)126-41-36-121-5/h7-9,12-14,16-21,26,28,44-45,49-50,54,61,65H,1,10-11,15,22-25,27,29-43,46-48,51H2,2-6H3,(H,87,115)(H,88,116)(H,90,111)(H,92,114)(H,93,112)(H,94,110)(H,98,120)(H2,85,99,100)(H,89,95,96)(H,97,113,117). The summed E-state index contributed by atoms with van der Waals surface area (Å²) in [5.74, 6) is -5.94. The second-order valence-corrected chi connectivity index (χ2v) is 30.8. The number of anilines is 6. The number of carbonyl (C=O) groups excluding carboxylic acids is 10. The molecule has 7 heterocycles. The number of nitrogens with zero attached hydrogens (tertiary/aromatic N) is 16. The Morgan fingerprint density at radius 2 is 1.56 bits per heavy atom. The molecule has 4 aromatic carbocycles. The molecule has 3 atom stereocenters. The van der Waals surface area contributed by atoms with Crippen molar-refractivity contribution in [3.05, 3.63) is 155 Å². The Morgan fingerprint density at radius 3 is 2.33 bits per heavy atom. The average Bonchev–Trinajstić information content (AvgIpc) is 1.61. The van der Waals surface area contributed by atoms with Crippen LogP contribution < -0.4 is 62.6 Å². The van der Waals surface area contributed by atoms with Crippen LogP contribution in [0.15, 0.2) is 121 Å². The first-order valence-corrected chi connectivity index (χ1v) is 42.2. The minimum atomic E-state index is -1.25. The van der Waals surface area contributed by atoms with Gasteiger partial charge in [0.1, 0.15) is 24.4 Å². The van der Waals surface area contributed by atoms with E-state index in [1.165, 1.54) is 47.7 Å². The van der Waals surface area contributed by atoms with E-state index in [2.05, 4.69) is 111 Å². The van der Waals surface area contributed by atoms with E-state index >= 15 is 0 Å². The highest BCUT2D eigenvalue weighted by Gasteiger charge is 2.46. The predicted octanol–water partition coefficient (Wildman–Crippen LogP) is 5.30. The van der Waals surface area contributed by atoms with Gasteiger partial charge in [0.15, 0.2) is 17.0 Å². The number of aromatic nitrogens is 10. The van der Waals surface area contributed by atoms with Gasteiger partial charge in [-0.05, 0) is 79.4 Å². The molecule has 127 heavy (non-hydrogen) atoms. The Morgan fingerprint density at radius 1 is 0.795 bits per heavy atom. The number of amides is 10. The molecule has 42 nitrogen and oxygen atoms in total. The molecule has 0 aliphatic carbocycles. The minimum Gasteiger partial charge on any atom is -0.494 e. The number of piperidine rings is 1. The number of imidazole rings is 1. The number of likely N-dealkylation sites (N-methyl/N-ethyl adjacent to an activating group) is 2.